The minimum Gasteiger partial charge on any atom is -0.345 e. The summed E-state index contributed by atoms with van der Waals surface area (Å²) in [6, 6.07) is 0. The van der Waals surface area contributed by atoms with Gasteiger partial charge in [-0.3, -0.25) is 15.0 Å². The number of carbonyl (C=O) groups is 1. The zero-order valence-electron chi connectivity index (χ0n) is 9.69. The number of aromatic nitrogens is 5. The van der Waals surface area contributed by atoms with Gasteiger partial charge >= 0.3 is 0 Å². The molecule has 0 aliphatic carbocycles. The van der Waals surface area contributed by atoms with Crippen LogP contribution in [0.5, 0.6) is 0 Å². The van der Waals surface area contributed by atoms with E-state index in [4.69, 9.17) is 0 Å². The van der Waals surface area contributed by atoms with E-state index in [9.17, 15) is 4.79 Å². The van der Waals surface area contributed by atoms with E-state index in [2.05, 4.69) is 30.7 Å². The van der Waals surface area contributed by atoms with E-state index < -0.39 is 0 Å². The van der Waals surface area contributed by atoms with E-state index in [1.165, 1.54) is 0 Å². The average molecular weight is 234 g/mol. The Morgan fingerprint density at radius 1 is 1.53 bits per heavy atom. The summed E-state index contributed by atoms with van der Waals surface area (Å²) in [5, 5.41) is 15.8. The Bertz CT molecular complexity index is 487. The summed E-state index contributed by atoms with van der Waals surface area (Å²) in [7, 11) is 0. The van der Waals surface area contributed by atoms with Gasteiger partial charge in [-0.2, -0.15) is 5.10 Å². The maximum atomic E-state index is 11.7. The van der Waals surface area contributed by atoms with Crippen LogP contribution in [0.2, 0.25) is 0 Å². The van der Waals surface area contributed by atoms with Gasteiger partial charge < -0.3 is 5.32 Å². The Morgan fingerprint density at radius 3 is 2.94 bits per heavy atom. The van der Waals surface area contributed by atoms with Crippen LogP contribution in [0.15, 0.2) is 12.4 Å². The molecule has 0 atom stereocenters. The average Bonchev–Trinajstić information content (AvgIpc) is 2.96. The fraction of sp³-hybridized carbons (Fsp3) is 0.400. The topological polar surface area (TPSA) is 99.3 Å². The van der Waals surface area contributed by atoms with Gasteiger partial charge in [0.2, 0.25) is 5.82 Å². The summed E-state index contributed by atoms with van der Waals surface area (Å²) in [6.07, 6.45) is 3.37. The predicted molar refractivity (Wildman–Crippen MR) is 60.2 cm³/mol. The molecule has 7 heteroatoms. The maximum absolute atomic E-state index is 11.7. The summed E-state index contributed by atoms with van der Waals surface area (Å²) in [5.74, 6) is 0.794. The summed E-state index contributed by atoms with van der Waals surface area (Å²) in [6.45, 7) is 4.36. The lowest BCUT2D eigenvalue weighted by atomic mass is 10.2. The smallest absolute Gasteiger partial charge is 0.291 e. The highest BCUT2D eigenvalue weighted by atomic mass is 16.2. The first-order valence-electron chi connectivity index (χ1n) is 5.35. The molecule has 0 aliphatic heterocycles. The lowest BCUT2D eigenvalue weighted by Crippen LogP contribution is -2.23. The molecule has 7 nitrogen and oxygen atoms in total. The Hall–Kier alpha value is -2.18. The second-order valence-electron chi connectivity index (χ2n) is 3.99. The lowest BCUT2D eigenvalue weighted by Gasteiger charge is -1.99. The Balaban J connectivity index is 1.95. The van der Waals surface area contributed by atoms with Crippen molar-refractivity contribution in [1.29, 1.82) is 0 Å². The van der Waals surface area contributed by atoms with Gasteiger partial charge in [-0.1, -0.05) is 13.8 Å². The van der Waals surface area contributed by atoms with Gasteiger partial charge in [0.25, 0.3) is 5.91 Å². The van der Waals surface area contributed by atoms with Crippen LogP contribution in [0, 0.1) is 0 Å². The SMILES string of the molecule is CC(C)c1nc(C(=O)NCc2cn[nH]c2)n[nH]1. The van der Waals surface area contributed by atoms with Crippen molar-refractivity contribution in [2.75, 3.05) is 0 Å². The second kappa shape index (κ2) is 4.77. The lowest BCUT2D eigenvalue weighted by molar-refractivity contribution is 0.0941. The standard InChI is InChI=1S/C10H14N6O/c1-6(2)8-14-9(16-15-8)10(17)11-3-7-4-12-13-5-7/h4-6H,3H2,1-2H3,(H,11,17)(H,12,13)(H,14,15,16). The van der Waals surface area contributed by atoms with Crippen molar-refractivity contribution in [3.63, 3.8) is 0 Å². The van der Waals surface area contributed by atoms with Gasteiger partial charge in [0.05, 0.1) is 6.20 Å². The quantitative estimate of drug-likeness (QED) is 0.720. The van der Waals surface area contributed by atoms with E-state index >= 15 is 0 Å². The molecule has 0 spiro atoms. The van der Waals surface area contributed by atoms with Crippen LogP contribution in [-0.2, 0) is 6.54 Å². The molecule has 2 heterocycles. The molecule has 0 fully saturated rings. The predicted octanol–water partition coefficient (Wildman–Crippen LogP) is 0.581. The number of hydrogen-bond acceptors (Lipinski definition) is 4. The minimum atomic E-state index is -0.297. The molecule has 0 aromatic carbocycles. The van der Waals surface area contributed by atoms with Gasteiger partial charge in [-0.25, -0.2) is 4.98 Å². The molecule has 90 valence electrons. The van der Waals surface area contributed by atoms with Crippen molar-refractivity contribution < 1.29 is 4.79 Å². The molecule has 3 N–H and O–H groups in total. The van der Waals surface area contributed by atoms with Crippen LogP contribution in [0.4, 0.5) is 0 Å². The molecule has 2 aromatic rings. The fourth-order valence-electron chi connectivity index (χ4n) is 1.27. The summed E-state index contributed by atoms with van der Waals surface area (Å²) < 4.78 is 0. The van der Waals surface area contributed by atoms with Crippen LogP contribution in [-0.4, -0.2) is 31.3 Å². The molecule has 2 aromatic heterocycles. The number of rotatable bonds is 4. The zero-order valence-corrected chi connectivity index (χ0v) is 9.69. The molecule has 0 aliphatic rings. The van der Waals surface area contributed by atoms with Crippen LogP contribution < -0.4 is 5.32 Å². The molecule has 0 saturated heterocycles. The van der Waals surface area contributed by atoms with Gasteiger partial charge in [-0.05, 0) is 0 Å². The number of nitrogens with one attached hydrogen (secondary N) is 3. The minimum absolute atomic E-state index is 0.164. The molecule has 1 amide bonds. The summed E-state index contributed by atoms with van der Waals surface area (Å²) in [4.78, 5) is 15.8. The van der Waals surface area contributed by atoms with Gasteiger partial charge in [0.1, 0.15) is 5.82 Å². The van der Waals surface area contributed by atoms with Crippen molar-refractivity contribution in [1.82, 2.24) is 30.7 Å². The first-order chi connectivity index (χ1) is 8.16. The van der Waals surface area contributed by atoms with E-state index in [1.54, 1.807) is 12.4 Å². The van der Waals surface area contributed by atoms with Crippen LogP contribution in [0.3, 0.4) is 0 Å². The van der Waals surface area contributed by atoms with Crippen LogP contribution in [0.25, 0.3) is 0 Å². The number of amides is 1. The van der Waals surface area contributed by atoms with Crippen LogP contribution in [0.1, 0.15) is 41.8 Å². The van der Waals surface area contributed by atoms with Crippen molar-refractivity contribution in [3.8, 4) is 0 Å². The third kappa shape index (κ3) is 2.68. The molecular formula is C10H14N6O. The van der Waals surface area contributed by atoms with Crippen molar-refractivity contribution in [2.45, 2.75) is 26.3 Å². The highest BCUT2D eigenvalue weighted by molar-refractivity contribution is 5.90. The summed E-state index contributed by atoms with van der Waals surface area (Å²) in [5.41, 5.74) is 0.901. The first-order valence-corrected chi connectivity index (χ1v) is 5.35. The normalized spacial score (nSPS) is 10.8. The molecule has 0 saturated carbocycles. The van der Waals surface area contributed by atoms with Gasteiger partial charge in [-0.15, -0.1) is 5.10 Å². The molecule has 17 heavy (non-hydrogen) atoms. The van der Waals surface area contributed by atoms with Crippen molar-refractivity contribution in [2.24, 2.45) is 0 Å². The third-order valence-electron chi connectivity index (χ3n) is 2.26. The number of aromatic amines is 2. The third-order valence-corrected chi connectivity index (χ3v) is 2.26. The Labute approximate surface area is 98.0 Å². The monoisotopic (exact) mass is 234 g/mol. The number of H-pyrrole nitrogens is 2. The van der Waals surface area contributed by atoms with E-state index in [0.717, 1.165) is 5.56 Å². The van der Waals surface area contributed by atoms with Gasteiger partial charge in [0, 0.05) is 24.2 Å². The number of hydrogen-bond donors (Lipinski definition) is 3. The zero-order chi connectivity index (χ0) is 12.3. The summed E-state index contributed by atoms with van der Waals surface area (Å²) >= 11 is 0. The first kappa shape index (κ1) is 11.3. The number of carbonyl (C=O) groups excluding carboxylic acids is 1. The number of nitrogens with zero attached hydrogens (tertiary/aromatic N) is 3. The largest absolute Gasteiger partial charge is 0.345 e. The fourth-order valence-corrected chi connectivity index (χ4v) is 1.27. The van der Waals surface area contributed by atoms with E-state index in [1.807, 2.05) is 13.8 Å². The molecule has 0 unspecified atom stereocenters. The van der Waals surface area contributed by atoms with Crippen molar-refractivity contribution >= 4 is 5.91 Å². The molecule has 0 bridgehead atoms. The maximum Gasteiger partial charge on any atom is 0.291 e. The highest BCUT2D eigenvalue weighted by Gasteiger charge is 2.13. The van der Waals surface area contributed by atoms with Gasteiger partial charge in [0.15, 0.2) is 0 Å². The highest BCUT2D eigenvalue weighted by Crippen LogP contribution is 2.07. The molecular weight excluding hydrogens is 220 g/mol. The van der Waals surface area contributed by atoms with E-state index in [0.29, 0.717) is 12.4 Å². The second-order valence-corrected chi connectivity index (χ2v) is 3.99. The Morgan fingerprint density at radius 2 is 2.35 bits per heavy atom. The van der Waals surface area contributed by atoms with Crippen LogP contribution >= 0.6 is 0 Å². The van der Waals surface area contributed by atoms with Crippen molar-refractivity contribution in [3.05, 3.63) is 29.6 Å². The molecule has 2 rings (SSSR count). The Kier molecular flexibility index (Phi) is 3.17. The molecule has 0 radical (unpaired) electrons. The van der Waals surface area contributed by atoms with E-state index in [-0.39, 0.29) is 17.6 Å².